The van der Waals surface area contributed by atoms with Gasteiger partial charge in [0.05, 0.1) is 6.04 Å². The molecule has 1 aromatic rings. The Balaban J connectivity index is 2.20. The number of benzene rings is 1. The first-order valence-electron chi connectivity index (χ1n) is 12.3. The van der Waals surface area contributed by atoms with E-state index in [0.29, 0.717) is 31.4 Å². The summed E-state index contributed by atoms with van der Waals surface area (Å²) < 4.78 is 0. The SMILES string of the molecule is CC(C)CC(N)C(=O)N1CCCC1C(=O)NC(Cc1ccc(O)cc1)C(=O)NC(CCC(=O)O)C(=O)O. The summed E-state index contributed by atoms with van der Waals surface area (Å²) in [6.07, 6.45) is 0.593. The van der Waals surface area contributed by atoms with Gasteiger partial charge in [-0.15, -0.1) is 0 Å². The average molecular weight is 521 g/mol. The van der Waals surface area contributed by atoms with Gasteiger partial charge in [-0.25, -0.2) is 4.79 Å². The molecule has 1 aliphatic heterocycles. The third-order valence-corrected chi connectivity index (χ3v) is 6.15. The summed E-state index contributed by atoms with van der Waals surface area (Å²) in [7, 11) is 0. The number of likely N-dealkylation sites (tertiary alicyclic amines) is 1. The van der Waals surface area contributed by atoms with Crippen molar-refractivity contribution in [2.24, 2.45) is 11.7 Å². The molecule has 1 heterocycles. The number of phenolic OH excluding ortho intramolecular Hbond substituents is 1. The maximum Gasteiger partial charge on any atom is 0.326 e. The second kappa shape index (κ2) is 13.6. The van der Waals surface area contributed by atoms with Crippen LogP contribution >= 0.6 is 0 Å². The van der Waals surface area contributed by atoms with E-state index < -0.39 is 54.3 Å². The first kappa shape index (κ1) is 29.6. The summed E-state index contributed by atoms with van der Waals surface area (Å²) in [6.45, 7) is 4.23. The number of rotatable bonds is 13. The molecule has 12 heteroatoms. The second-order valence-corrected chi connectivity index (χ2v) is 9.69. The minimum Gasteiger partial charge on any atom is -0.508 e. The van der Waals surface area contributed by atoms with Gasteiger partial charge in [0.25, 0.3) is 0 Å². The highest BCUT2D eigenvalue weighted by molar-refractivity contribution is 5.94. The van der Waals surface area contributed by atoms with Crippen molar-refractivity contribution in [3.8, 4) is 5.75 Å². The fourth-order valence-electron chi connectivity index (χ4n) is 4.27. The number of carboxylic acids is 2. The molecule has 37 heavy (non-hydrogen) atoms. The number of aromatic hydroxyl groups is 1. The van der Waals surface area contributed by atoms with Crippen molar-refractivity contribution in [1.29, 1.82) is 0 Å². The maximum absolute atomic E-state index is 13.2. The van der Waals surface area contributed by atoms with Crippen molar-refractivity contribution in [2.45, 2.75) is 76.5 Å². The topological polar surface area (TPSA) is 199 Å². The molecule has 0 radical (unpaired) electrons. The van der Waals surface area contributed by atoms with Crippen molar-refractivity contribution >= 4 is 29.7 Å². The molecule has 2 rings (SSSR count). The van der Waals surface area contributed by atoms with Crippen LogP contribution in [0.5, 0.6) is 5.75 Å². The van der Waals surface area contributed by atoms with E-state index in [1.54, 1.807) is 12.1 Å². The Bertz CT molecular complexity index is 981. The molecule has 1 saturated heterocycles. The van der Waals surface area contributed by atoms with Crippen LogP contribution in [0.3, 0.4) is 0 Å². The van der Waals surface area contributed by atoms with Gasteiger partial charge < -0.3 is 36.6 Å². The van der Waals surface area contributed by atoms with Gasteiger partial charge in [0, 0.05) is 19.4 Å². The number of aliphatic carboxylic acids is 2. The molecular formula is C25H36N4O8. The van der Waals surface area contributed by atoms with Crippen LogP contribution in [-0.4, -0.2) is 80.6 Å². The lowest BCUT2D eigenvalue weighted by Crippen LogP contribution is -2.57. The zero-order chi connectivity index (χ0) is 27.7. The molecule has 0 aromatic heterocycles. The first-order valence-corrected chi connectivity index (χ1v) is 12.3. The summed E-state index contributed by atoms with van der Waals surface area (Å²) in [4.78, 5) is 63.1. The van der Waals surface area contributed by atoms with Gasteiger partial charge in [-0.2, -0.15) is 0 Å². The normalized spacial score (nSPS) is 17.6. The number of amides is 3. The molecule has 4 atom stereocenters. The zero-order valence-electron chi connectivity index (χ0n) is 21.1. The van der Waals surface area contributed by atoms with Crippen LogP contribution in [0.4, 0.5) is 0 Å². The number of phenols is 1. The second-order valence-electron chi connectivity index (χ2n) is 9.69. The summed E-state index contributed by atoms with van der Waals surface area (Å²) in [5, 5.41) is 32.8. The van der Waals surface area contributed by atoms with E-state index in [1.165, 1.54) is 17.0 Å². The first-order chi connectivity index (χ1) is 17.4. The van der Waals surface area contributed by atoms with E-state index in [2.05, 4.69) is 10.6 Å². The summed E-state index contributed by atoms with van der Waals surface area (Å²) >= 11 is 0. The van der Waals surface area contributed by atoms with E-state index in [0.717, 1.165) is 0 Å². The van der Waals surface area contributed by atoms with E-state index >= 15 is 0 Å². The van der Waals surface area contributed by atoms with Crippen LogP contribution in [0.25, 0.3) is 0 Å². The molecule has 0 bridgehead atoms. The number of carbonyl (C=O) groups excluding carboxylic acids is 3. The predicted molar refractivity (Wildman–Crippen MR) is 132 cm³/mol. The average Bonchev–Trinajstić information content (AvgIpc) is 3.31. The number of nitrogens with zero attached hydrogens (tertiary/aromatic N) is 1. The Hall–Kier alpha value is -3.67. The molecular weight excluding hydrogens is 484 g/mol. The molecule has 0 aliphatic carbocycles. The monoisotopic (exact) mass is 520 g/mol. The van der Waals surface area contributed by atoms with E-state index in [1.807, 2.05) is 13.8 Å². The maximum atomic E-state index is 13.2. The van der Waals surface area contributed by atoms with Crippen molar-refractivity contribution in [2.75, 3.05) is 6.54 Å². The van der Waals surface area contributed by atoms with Gasteiger partial charge >= 0.3 is 11.9 Å². The van der Waals surface area contributed by atoms with E-state index in [4.69, 9.17) is 10.8 Å². The molecule has 1 fully saturated rings. The summed E-state index contributed by atoms with van der Waals surface area (Å²) in [5.41, 5.74) is 6.63. The fourth-order valence-corrected chi connectivity index (χ4v) is 4.27. The summed E-state index contributed by atoms with van der Waals surface area (Å²) in [5.74, 6) is -4.15. The van der Waals surface area contributed by atoms with Crippen LogP contribution in [0.15, 0.2) is 24.3 Å². The Morgan fingerprint density at radius 1 is 1.05 bits per heavy atom. The Labute approximate surface area is 215 Å². The number of hydrogen-bond acceptors (Lipinski definition) is 7. The van der Waals surface area contributed by atoms with Crippen LogP contribution in [0, 0.1) is 5.92 Å². The fraction of sp³-hybridized carbons (Fsp3) is 0.560. The van der Waals surface area contributed by atoms with Gasteiger partial charge in [0.2, 0.25) is 17.7 Å². The molecule has 3 amide bonds. The molecule has 204 valence electrons. The van der Waals surface area contributed by atoms with Crippen LogP contribution in [0.2, 0.25) is 0 Å². The molecule has 1 aromatic carbocycles. The highest BCUT2D eigenvalue weighted by atomic mass is 16.4. The van der Waals surface area contributed by atoms with Gasteiger partial charge in [-0.3, -0.25) is 19.2 Å². The molecule has 0 saturated carbocycles. The summed E-state index contributed by atoms with van der Waals surface area (Å²) in [6, 6.07) is 1.65. The number of hydrogen-bond donors (Lipinski definition) is 6. The lowest BCUT2D eigenvalue weighted by Gasteiger charge is -2.29. The van der Waals surface area contributed by atoms with Crippen LogP contribution in [0.1, 0.15) is 51.5 Å². The standard InChI is InChI=1S/C25H36N4O8/c1-14(2)12-17(26)24(35)29-11-3-4-20(29)23(34)28-19(13-15-5-7-16(30)8-6-15)22(33)27-18(25(36)37)9-10-21(31)32/h5-8,14,17-20,30H,3-4,9-13,26H2,1-2H3,(H,27,33)(H,28,34)(H,31,32)(H,36,37). The third kappa shape index (κ3) is 9.05. The molecule has 7 N–H and O–H groups in total. The Morgan fingerprint density at radius 2 is 1.70 bits per heavy atom. The highest BCUT2D eigenvalue weighted by Crippen LogP contribution is 2.20. The molecule has 12 nitrogen and oxygen atoms in total. The lowest BCUT2D eigenvalue weighted by atomic mass is 10.0. The van der Waals surface area contributed by atoms with Crippen molar-refractivity contribution in [3.63, 3.8) is 0 Å². The van der Waals surface area contributed by atoms with E-state index in [-0.39, 0.29) is 30.4 Å². The smallest absolute Gasteiger partial charge is 0.326 e. The molecule has 0 spiro atoms. The van der Waals surface area contributed by atoms with Gasteiger partial charge in [0.15, 0.2) is 0 Å². The van der Waals surface area contributed by atoms with Crippen molar-refractivity contribution < 1.29 is 39.3 Å². The predicted octanol–water partition coefficient (Wildman–Crippen LogP) is 0.218. The number of carboxylic acid groups (broad SMARTS) is 2. The quantitative estimate of drug-likeness (QED) is 0.210. The third-order valence-electron chi connectivity index (χ3n) is 6.15. The molecule has 1 aliphatic rings. The molecule has 4 unspecified atom stereocenters. The van der Waals surface area contributed by atoms with E-state index in [9.17, 15) is 34.2 Å². The van der Waals surface area contributed by atoms with Gasteiger partial charge in [-0.05, 0) is 49.3 Å². The van der Waals surface area contributed by atoms with Gasteiger partial charge in [-0.1, -0.05) is 26.0 Å². The minimum absolute atomic E-state index is 0.00578. The van der Waals surface area contributed by atoms with Crippen LogP contribution < -0.4 is 16.4 Å². The largest absolute Gasteiger partial charge is 0.508 e. The number of nitrogens with two attached hydrogens (primary N) is 1. The highest BCUT2D eigenvalue weighted by Gasteiger charge is 2.38. The van der Waals surface area contributed by atoms with Crippen molar-refractivity contribution in [1.82, 2.24) is 15.5 Å². The lowest BCUT2D eigenvalue weighted by molar-refractivity contribution is -0.144. The Morgan fingerprint density at radius 3 is 2.27 bits per heavy atom. The Kier molecular flexibility index (Phi) is 10.9. The minimum atomic E-state index is -1.47. The van der Waals surface area contributed by atoms with Crippen LogP contribution in [-0.2, 0) is 30.4 Å². The number of carbonyl (C=O) groups is 5. The number of nitrogens with one attached hydrogen (secondary N) is 2. The van der Waals surface area contributed by atoms with Gasteiger partial charge in [0.1, 0.15) is 23.9 Å². The zero-order valence-corrected chi connectivity index (χ0v) is 21.1. The van der Waals surface area contributed by atoms with Crippen molar-refractivity contribution in [3.05, 3.63) is 29.8 Å².